The van der Waals surface area contributed by atoms with Crippen molar-refractivity contribution in [2.24, 2.45) is 0 Å². The standard InChI is InChI=1S/C10H6F3NO2S/c11-10(12,13)6-2-1-3-7(4-6)14-8(15)5-17-9(14)16/h1-4H,5H2. The first-order valence-electron chi connectivity index (χ1n) is 4.56. The number of nitrogens with zero attached hydrogens (tertiary/aromatic N) is 1. The Kier molecular flexibility index (Phi) is 2.86. The van der Waals surface area contributed by atoms with Gasteiger partial charge in [0.15, 0.2) is 0 Å². The molecular weight excluding hydrogens is 255 g/mol. The molecule has 1 aromatic carbocycles. The average Bonchev–Trinajstić information content (AvgIpc) is 2.57. The zero-order chi connectivity index (χ0) is 12.6. The van der Waals surface area contributed by atoms with Crippen LogP contribution in [0, 0.1) is 0 Å². The smallest absolute Gasteiger partial charge is 0.273 e. The largest absolute Gasteiger partial charge is 0.416 e. The predicted octanol–water partition coefficient (Wildman–Crippen LogP) is 2.91. The number of rotatable bonds is 1. The molecule has 7 heteroatoms. The van der Waals surface area contributed by atoms with Gasteiger partial charge in [0.1, 0.15) is 0 Å². The molecule has 17 heavy (non-hydrogen) atoms. The van der Waals surface area contributed by atoms with E-state index in [-0.39, 0.29) is 11.4 Å². The fourth-order valence-electron chi connectivity index (χ4n) is 1.43. The lowest BCUT2D eigenvalue weighted by Gasteiger charge is -2.14. The number of hydrogen-bond acceptors (Lipinski definition) is 3. The fraction of sp³-hybridized carbons (Fsp3) is 0.200. The maximum absolute atomic E-state index is 12.5. The number of anilines is 1. The molecule has 3 nitrogen and oxygen atoms in total. The van der Waals surface area contributed by atoms with Gasteiger partial charge in [-0.05, 0) is 18.2 Å². The summed E-state index contributed by atoms with van der Waals surface area (Å²) in [4.78, 5) is 23.4. The third-order valence-corrected chi connectivity index (χ3v) is 3.00. The van der Waals surface area contributed by atoms with Gasteiger partial charge in [-0.15, -0.1) is 0 Å². The van der Waals surface area contributed by atoms with Gasteiger partial charge in [-0.1, -0.05) is 17.8 Å². The van der Waals surface area contributed by atoms with Gasteiger partial charge in [0.25, 0.3) is 5.24 Å². The molecule has 1 aliphatic rings. The van der Waals surface area contributed by atoms with E-state index in [0.29, 0.717) is 0 Å². The highest BCUT2D eigenvalue weighted by Gasteiger charge is 2.34. The van der Waals surface area contributed by atoms with Gasteiger partial charge in [0.2, 0.25) is 5.91 Å². The van der Waals surface area contributed by atoms with Crippen molar-refractivity contribution in [3.8, 4) is 0 Å². The number of amides is 2. The summed E-state index contributed by atoms with van der Waals surface area (Å²) in [5, 5.41) is -0.547. The topological polar surface area (TPSA) is 37.4 Å². The quantitative estimate of drug-likeness (QED) is 0.780. The number of carbonyl (C=O) groups excluding carboxylic acids is 2. The monoisotopic (exact) mass is 261 g/mol. The van der Waals surface area contributed by atoms with E-state index < -0.39 is 22.9 Å². The first-order chi connectivity index (χ1) is 7.89. The number of carbonyl (C=O) groups is 2. The van der Waals surface area contributed by atoms with Crippen molar-refractivity contribution in [3.05, 3.63) is 29.8 Å². The van der Waals surface area contributed by atoms with E-state index in [9.17, 15) is 22.8 Å². The van der Waals surface area contributed by atoms with E-state index in [1.54, 1.807) is 0 Å². The van der Waals surface area contributed by atoms with Crippen molar-refractivity contribution in [1.29, 1.82) is 0 Å². The van der Waals surface area contributed by atoms with Crippen LogP contribution in [-0.2, 0) is 11.0 Å². The Bertz CT molecular complexity index is 471. The van der Waals surface area contributed by atoms with Crippen molar-refractivity contribution < 1.29 is 22.8 Å². The SMILES string of the molecule is O=C1CSC(=O)N1c1cccc(C(F)(F)F)c1. The maximum atomic E-state index is 12.5. The predicted molar refractivity (Wildman–Crippen MR) is 56.8 cm³/mol. The van der Waals surface area contributed by atoms with Crippen LogP contribution in [0.3, 0.4) is 0 Å². The fourth-order valence-corrected chi connectivity index (χ4v) is 2.14. The summed E-state index contributed by atoms with van der Waals surface area (Å²) in [6.45, 7) is 0. The second-order valence-electron chi connectivity index (χ2n) is 3.33. The molecule has 0 atom stereocenters. The molecule has 0 spiro atoms. The highest BCUT2D eigenvalue weighted by atomic mass is 32.2. The van der Waals surface area contributed by atoms with Gasteiger partial charge in [0.05, 0.1) is 17.0 Å². The van der Waals surface area contributed by atoms with Crippen LogP contribution < -0.4 is 4.90 Å². The lowest BCUT2D eigenvalue weighted by atomic mass is 10.2. The van der Waals surface area contributed by atoms with Crippen LogP contribution in [0.5, 0.6) is 0 Å². The first kappa shape index (κ1) is 12.0. The highest BCUT2D eigenvalue weighted by Crippen LogP contribution is 2.33. The summed E-state index contributed by atoms with van der Waals surface area (Å²) in [7, 11) is 0. The second kappa shape index (κ2) is 4.06. The number of alkyl halides is 3. The Labute approximate surface area is 98.6 Å². The molecule has 90 valence electrons. The molecule has 1 saturated heterocycles. The van der Waals surface area contributed by atoms with Gasteiger partial charge >= 0.3 is 6.18 Å². The molecule has 0 unspecified atom stereocenters. The molecule has 1 aliphatic heterocycles. The summed E-state index contributed by atoms with van der Waals surface area (Å²) in [6.07, 6.45) is -4.49. The molecule has 1 aromatic rings. The molecule has 2 amide bonds. The second-order valence-corrected chi connectivity index (χ2v) is 4.26. The molecule has 1 heterocycles. The first-order valence-corrected chi connectivity index (χ1v) is 5.55. The number of hydrogen-bond donors (Lipinski definition) is 0. The van der Waals surface area contributed by atoms with Crippen LogP contribution in [0.25, 0.3) is 0 Å². The van der Waals surface area contributed by atoms with Gasteiger partial charge in [-0.25, -0.2) is 4.90 Å². The average molecular weight is 261 g/mol. The normalized spacial score (nSPS) is 16.8. The zero-order valence-corrected chi connectivity index (χ0v) is 9.14. The van der Waals surface area contributed by atoms with Crippen molar-refractivity contribution in [1.82, 2.24) is 0 Å². The minimum atomic E-state index is -4.49. The maximum Gasteiger partial charge on any atom is 0.416 e. The molecule has 0 N–H and O–H groups in total. The summed E-state index contributed by atoms with van der Waals surface area (Å²) in [6, 6.07) is 4.15. The van der Waals surface area contributed by atoms with Crippen LogP contribution in [0.4, 0.5) is 23.7 Å². The van der Waals surface area contributed by atoms with Crippen molar-refractivity contribution in [2.75, 3.05) is 10.7 Å². The van der Waals surface area contributed by atoms with E-state index in [1.165, 1.54) is 12.1 Å². The number of thioether (sulfide) groups is 1. The molecule has 0 aromatic heterocycles. The molecule has 1 fully saturated rings. The third-order valence-electron chi connectivity index (χ3n) is 2.18. The van der Waals surface area contributed by atoms with Crippen LogP contribution in [0.2, 0.25) is 0 Å². The van der Waals surface area contributed by atoms with E-state index in [2.05, 4.69) is 0 Å². The van der Waals surface area contributed by atoms with Crippen molar-refractivity contribution in [2.45, 2.75) is 6.18 Å². The van der Waals surface area contributed by atoms with Crippen molar-refractivity contribution >= 4 is 28.6 Å². The minimum Gasteiger partial charge on any atom is -0.273 e. The van der Waals surface area contributed by atoms with Crippen LogP contribution in [-0.4, -0.2) is 16.9 Å². The Hall–Kier alpha value is -1.50. The van der Waals surface area contributed by atoms with E-state index >= 15 is 0 Å². The lowest BCUT2D eigenvalue weighted by molar-refractivity contribution is -0.137. The number of benzene rings is 1. The lowest BCUT2D eigenvalue weighted by Crippen LogP contribution is -2.28. The van der Waals surface area contributed by atoms with Gasteiger partial charge in [-0.3, -0.25) is 9.59 Å². The highest BCUT2D eigenvalue weighted by molar-refractivity contribution is 8.15. The summed E-state index contributed by atoms with van der Waals surface area (Å²) < 4.78 is 37.4. The molecule has 0 bridgehead atoms. The molecular formula is C10H6F3NO2S. The summed E-state index contributed by atoms with van der Waals surface area (Å²) in [5.41, 5.74) is -0.924. The van der Waals surface area contributed by atoms with E-state index in [4.69, 9.17) is 0 Å². The molecule has 0 saturated carbocycles. The summed E-state index contributed by atoms with van der Waals surface area (Å²) >= 11 is 0.778. The summed E-state index contributed by atoms with van der Waals surface area (Å²) in [5.74, 6) is -0.533. The third kappa shape index (κ3) is 2.28. The Morgan fingerprint density at radius 2 is 1.94 bits per heavy atom. The van der Waals surface area contributed by atoms with Crippen LogP contribution >= 0.6 is 11.8 Å². The van der Waals surface area contributed by atoms with E-state index in [1.807, 2.05) is 0 Å². The molecule has 0 aliphatic carbocycles. The van der Waals surface area contributed by atoms with E-state index in [0.717, 1.165) is 28.8 Å². The van der Waals surface area contributed by atoms with Gasteiger partial charge in [0, 0.05) is 0 Å². The minimum absolute atomic E-state index is 0.0327. The Morgan fingerprint density at radius 1 is 1.24 bits per heavy atom. The van der Waals surface area contributed by atoms with Gasteiger partial charge in [-0.2, -0.15) is 13.2 Å². The van der Waals surface area contributed by atoms with Crippen LogP contribution in [0.1, 0.15) is 5.56 Å². The van der Waals surface area contributed by atoms with Crippen molar-refractivity contribution in [3.63, 3.8) is 0 Å². The Morgan fingerprint density at radius 3 is 2.47 bits per heavy atom. The van der Waals surface area contributed by atoms with Crippen LogP contribution in [0.15, 0.2) is 24.3 Å². The Balaban J connectivity index is 2.40. The molecule has 0 radical (unpaired) electrons. The zero-order valence-electron chi connectivity index (χ0n) is 8.32. The number of halogens is 3. The van der Waals surface area contributed by atoms with Gasteiger partial charge < -0.3 is 0 Å². The molecule has 2 rings (SSSR count). The number of imide groups is 1.